The minimum Gasteiger partial charge on any atom is -0.373 e. The predicted molar refractivity (Wildman–Crippen MR) is 72.2 cm³/mol. The van der Waals surface area contributed by atoms with Gasteiger partial charge < -0.3 is 14.6 Å². The van der Waals surface area contributed by atoms with Gasteiger partial charge in [0.05, 0.1) is 12.7 Å². The molecule has 0 aromatic carbocycles. The Morgan fingerprint density at radius 2 is 2.39 bits per heavy atom. The molecule has 0 radical (unpaired) electrons. The van der Waals surface area contributed by atoms with Gasteiger partial charge in [-0.15, -0.1) is 6.58 Å². The first-order valence-electron chi connectivity index (χ1n) is 6.08. The summed E-state index contributed by atoms with van der Waals surface area (Å²) in [6.07, 6.45) is 1.90. The summed E-state index contributed by atoms with van der Waals surface area (Å²) >= 11 is 0. The Balaban J connectivity index is 2.45. The summed E-state index contributed by atoms with van der Waals surface area (Å²) in [4.78, 5) is 0. The minimum absolute atomic E-state index is 0.155. The molecule has 98 valence electrons. The van der Waals surface area contributed by atoms with Crippen molar-refractivity contribution in [2.45, 2.75) is 26.5 Å². The van der Waals surface area contributed by atoms with Crippen LogP contribution in [-0.4, -0.2) is 23.8 Å². The van der Waals surface area contributed by atoms with Gasteiger partial charge in [0.1, 0.15) is 11.8 Å². The summed E-state index contributed by atoms with van der Waals surface area (Å²) in [5, 5.41) is 12.3. The molecule has 0 saturated carbocycles. The highest BCUT2D eigenvalue weighted by molar-refractivity contribution is 5.33. The normalized spacial score (nSPS) is 12.1. The predicted octanol–water partition coefficient (Wildman–Crippen LogP) is 1.89. The van der Waals surface area contributed by atoms with E-state index in [2.05, 4.69) is 18.0 Å². The van der Waals surface area contributed by atoms with Crippen LogP contribution in [0.25, 0.3) is 0 Å². The third-order valence-electron chi connectivity index (χ3n) is 3.00. The molecule has 0 aliphatic rings. The molecule has 1 atom stereocenters. The maximum Gasteiger partial charge on any atom is 0.120 e. The molecule has 1 unspecified atom stereocenters. The van der Waals surface area contributed by atoms with Crippen LogP contribution in [0, 0.1) is 18.3 Å². The molecular formula is C14H21N3O. The molecule has 0 fully saturated rings. The number of hydrogen-bond donors (Lipinski definition) is 1. The van der Waals surface area contributed by atoms with Crippen LogP contribution in [0.15, 0.2) is 18.7 Å². The van der Waals surface area contributed by atoms with Crippen LogP contribution < -0.4 is 5.32 Å². The second kappa shape index (κ2) is 7.00. The van der Waals surface area contributed by atoms with E-state index in [4.69, 9.17) is 10.00 Å². The SMILES string of the molecule is C=CCOC(C)CNCc1cc(C#N)n(C)c1C. The molecule has 0 bridgehead atoms. The number of aromatic nitrogens is 1. The Morgan fingerprint density at radius 3 is 2.94 bits per heavy atom. The van der Waals surface area contributed by atoms with Gasteiger partial charge in [-0.1, -0.05) is 6.08 Å². The largest absolute Gasteiger partial charge is 0.373 e. The molecule has 18 heavy (non-hydrogen) atoms. The van der Waals surface area contributed by atoms with E-state index in [9.17, 15) is 0 Å². The third-order valence-corrected chi connectivity index (χ3v) is 3.00. The average molecular weight is 247 g/mol. The quantitative estimate of drug-likeness (QED) is 0.748. The molecule has 1 N–H and O–H groups in total. The molecule has 4 heteroatoms. The first kappa shape index (κ1) is 14.5. The van der Waals surface area contributed by atoms with Gasteiger partial charge in [-0.25, -0.2) is 0 Å². The van der Waals surface area contributed by atoms with E-state index < -0.39 is 0 Å². The second-order valence-electron chi connectivity index (χ2n) is 4.37. The van der Waals surface area contributed by atoms with Crippen molar-refractivity contribution < 1.29 is 4.74 Å². The molecule has 1 heterocycles. The lowest BCUT2D eigenvalue weighted by atomic mass is 10.2. The molecular weight excluding hydrogens is 226 g/mol. The van der Waals surface area contributed by atoms with E-state index >= 15 is 0 Å². The van der Waals surface area contributed by atoms with Crippen molar-refractivity contribution in [3.63, 3.8) is 0 Å². The summed E-state index contributed by atoms with van der Waals surface area (Å²) in [5.74, 6) is 0. The zero-order chi connectivity index (χ0) is 13.5. The van der Waals surface area contributed by atoms with Crippen LogP contribution in [0.2, 0.25) is 0 Å². The van der Waals surface area contributed by atoms with Gasteiger partial charge >= 0.3 is 0 Å². The van der Waals surface area contributed by atoms with Crippen molar-refractivity contribution in [2.75, 3.05) is 13.2 Å². The van der Waals surface area contributed by atoms with E-state index in [1.54, 1.807) is 6.08 Å². The summed E-state index contributed by atoms with van der Waals surface area (Å²) in [6.45, 7) is 9.77. The Kier molecular flexibility index (Phi) is 5.63. The Labute approximate surface area is 109 Å². The summed E-state index contributed by atoms with van der Waals surface area (Å²) in [5.41, 5.74) is 2.98. The van der Waals surface area contributed by atoms with Gasteiger partial charge in [-0.3, -0.25) is 0 Å². The summed E-state index contributed by atoms with van der Waals surface area (Å²) < 4.78 is 7.38. The van der Waals surface area contributed by atoms with Crippen LogP contribution in [0.3, 0.4) is 0 Å². The number of ether oxygens (including phenoxy) is 1. The molecule has 0 aliphatic heterocycles. The molecule has 0 spiro atoms. The molecule has 1 rings (SSSR count). The van der Waals surface area contributed by atoms with E-state index in [1.807, 2.05) is 31.5 Å². The van der Waals surface area contributed by atoms with Gasteiger partial charge in [0.2, 0.25) is 0 Å². The monoisotopic (exact) mass is 247 g/mol. The van der Waals surface area contributed by atoms with Crippen molar-refractivity contribution in [3.05, 3.63) is 35.7 Å². The molecule has 0 aliphatic carbocycles. The van der Waals surface area contributed by atoms with Gasteiger partial charge in [-0.2, -0.15) is 5.26 Å². The van der Waals surface area contributed by atoms with Gasteiger partial charge in [-0.05, 0) is 25.5 Å². The molecule has 0 amide bonds. The second-order valence-corrected chi connectivity index (χ2v) is 4.37. The minimum atomic E-state index is 0.155. The number of nitrogens with zero attached hydrogens (tertiary/aromatic N) is 2. The highest BCUT2D eigenvalue weighted by Crippen LogP contribution is 2.12. The fourth-order valence-corrected chi connectivity index (χ4v) is 1.75. The number of rotatable bonds is 7. The topological polar surface area (TPSA) is 50.0 Å². The number of nitriles is 1. The highest BCUT2D eigenvalue weighted by atomic mass is 16.5. The van der Waals surface area contributed by atoms with Gasteiger partial charge in [0.25, 0.3) is 0 Å². The Hall–Kier alpha value is -1.57. The lowest BCUT2D eigenvalue weighted by Gasteiger charge is -2.12. The molecule has 1 aromatic rings. The van der Waals surface area contributed by atoms with Crippen molar-refractivity contribution in [2.24, 2.45) is 7.05 Å². The maximum absolute atomic E-state index is 8.95. The van der Waals surface area contributed by atoms with Crippen LogP contribution in [0.1, 0.15) is 23.9 Å². The van der Waals surface area contributed by atoms with Crippen LogP contribution in [-0.2, 0) is 18.3 Å². The van der Waals surface area contributed by atoms with E-state index in [0.29, 0.717) is 12.3 Å². The van der Waals surface area contributed by atoms with Crippen molar-refractivity contribution >= 4 is 0 Å². The van der Waals surface area contributed by atoms with Crippen molar-refractivity contribution in [3.8, 4) is 6.07 Å². The Bertz CT molecular complexity index is 443. The maximum atomic E-state index is 8.95. The lowest BCUT2D eigenvalue weighted by molar-refractivity contribution is 0.0877. The highest BCUT2D eigenvalue weighted by Gasteiger charge is 2.08. The standard InChI is InChI=1S/C14H21N3O/c1-5-6-18-11(2)9-16-10-13-7-14(8-15)17(4)12(13)3/h5,7,11,16H,1,6,9-10H2,2-4H3. The molecule has 4 nitrogen and oxygen atoms in total. The fourth-order valence-electron chi connectivity index (χ4n) is 1.75. The van der Waals surface area contributed by atoms with Crippen LogP contribution in [0.4, 0.5) is 0 Å². The van der Waals surface area contributed by atoms with Gasteiger partial charge in [0.15, 0.2) is 0 Å². The van der Waals surface area contributed by atoms with E-state index in [-0.39, 0.29) is 6.10 Å². The number of nitrogens with one attached hydrogen (secondary N) is 1. The molecule has 1 aromatic heterocycles. The summed E-state index contributed by atoms with van der Waals surface area (Å²) in [7, 11) is 1.91. The zero-order valence-electron chi connectivity index (χ0n) is 11.4. The van der Waals surface area contributed by atoms with E-state index in [0.717, 1.165) is 24.3 Å². The van der Waals surface area contributed by atoms with Crippen molar-refractivity contribution in [1.29, 1.82) is 5.26 Å². The average Bonchev–Trinajstić information content (AvgIpc) is 2.64. The van der Waals surface area contributed by atoms with Crippen LogP contribution in [0.5, 0.6) is 0 Å². The van der Waals surface area contributed by atoms with Crippen LogP contribution >= 0.6 is 0 Å². The smallest absolute Gasteiger partial charge is 0.120 e. The summed E-state index contributed by atoms with van der Waals surface area (Å²) in [6, 6.07) is 4.11. The van der Waals surface area contributed by atoms with Gasteiger partial charge in [0, 0.05) is 25.8 Å². The molecule has 0 saturated heterocycles. The fraction of sp³-hybridized carbons (Fsp3) is 0.500. The van der Waals surface area contributed by atoms with E-state index in [1.165, 1.54) is 0 Å². The lowest BCUT2D eigenvalue weighted by Crippen LogP contribution is -2.26. The first-order valence-corrected chi connectivity index (χ1v) is 6.08. The first-order chi connectivity index (χ1) is 8.60. The number of hydrogen-bond acceptors (Lipinski definition) is 3. The van der Waals surface area contributed by atoms with Crippen molar-refractivity contribution in [1.82, 2.24) is 9.88 Å². The zero-order valence-corrected chi connectivity index (χ0v) is 11.4. The third kappa shape index (κ3) is 3.73. The Morgan fingerprint density at radius 1 is 1.67 bits per heavy atom.